The number of carboxylic acid groups (broad SMARTS) is 1. The summed E-state index contributed by atoms with van der Waals surface area (Å²) in [5.41, 5.74) is 1.15. The maximum atomic E-state index is 12.6. The zero-order chi connectivity index (χ0) is 13.9. The van der Waals surface area contributed by atoms with Gasteiger partial charge >= 0.3 is 12.1 Å². The third-order valence-electron chi connectivity index (χ3n) is 3.03. The summed E-state index contributed by atoms with van der Waals surface area (Å²) in [6.07, 6.45) is -3.76. The van der Waals surface area contributed by atoms with Crippen molar-refractivity contribution in [2.45, 2.75) is 32.4 Å². The van der Waals surface area contributed by atoms with E-state index < -0.39 is 24.0 Å². The minimum absolute atomic E-state index is 0.185. The molecule has 100 valence electrons. The number of carbonyl (C=O) groups is 1. The van der Waals surface area contributed by atoms with Gasteiger partial charge in [-0.25, -0.2) is 0 Å². The molecule has 1 aromatic carbocycles. The van der Waals surface area contributed by atoms with E-state index >= 15 is 0 Å². The van der Waals surface area contributed by atoms with Crippen molar-refractivity contribution in [1.82, 2.24) is 0 Å². The minimum atomic E-state index is -4.52. The number of aliphatic carboxylic acids is 1. The molecular weight excluding hydrogens is 245 g/mol. The third-order valence-corrected chi connectivity index (χ3v) is 3.03. The Hall–Kier alpha value is -1.52. The number of hydrogen-bond donors (Lipinski definition) is 1. The van der Waals surface area contributed by atoms with Gasteiger partial charge in [-0.05, 0) is 17.5 Å². The van der Waals surface area contributed by atoms with Gasteiger partial charge in [0, 0.05) is 0 Å². The lowest BCUT2D eigenvalue weighted by atomic mass is 9.86. The van der Waals surface area contributed by atoms with Crippen LogP contribution >= 0.6 is 0 Å². The third kappa shape index (κ3) is 3.24. The van der Waals surface area contributed by atoms with Gasteiger partial charge in [0.15, 0.2) is 0 Å². The van der Waals surface area contributed by atoms with Crippen LogP contribution in [0.25, 0.3) is 0 Å². The topological polar surface area (TPSA) is 37.3 Å². The summed E-state index contributed by atoms with van der Waals surface area (Å²) in [5, 5.41) is 8.99. The number of benzene rings is 1. The minimum Gasteiger partial charge on any atom is -0.481 e. The Morgan fingerprint density at radius 1 is 1.28 bits per heavy atom. The number of carboxylic acids is 1. The van der Waals surface area contributed by atoms with Gasteiger partial charge in [-0.3, -0.25) is 4.79 Å². The summed E-state index contributed by atoms with van der Waals surface area (Å²) in [6, 6.07) is 6.24. The molecule has 0 fully saturated rings. The number of halogens is 3. The van der Waals surface area contributed by atoms with E-state index in [1.807, 2.05) is 6.92 Å². The predicted molar refractivity (Wildman–Crippen MR) is 61.4 cm³/mol. The van der Waals surface area contributed by atoms with Gasteiger partial charge in [0.2, 0.25) is 0 Å². The van der Waals surface area contributed by atoms with Gasteiger partial charge in [0.1, 0.15) is 0 Å². The highest BCUT2D eigenvalue weighted by molar-refractivity contribution is 5.76. The number of aryl methyl sites for hydroxylation is 1. The Balaban J connectivity index is 3.08. The second kappa shape index (κ2) is 5.42. The molecule has 0 spiro atoms. The van der Waals surface area contributed by atoms with E-state index in [0.717, 1.165) is 18.9 Å². The molecule has 18 heavy (non-hydrogen) atoms. The van der Waals surface area contributed by atoms with Gasteiger partial charge < -0.3 is 5.11 Å². The molecule has 0 saturated carbocycles. The lowest BCUT2D eigenvalue weighted by Gasteiger charge is -2.23. The highest BCUT2D eigenvalue weighted by Gasteiger charge is 2.44. The molecule has 0 heterocycles. The molecule has 0 aliphatic heterocycles. The summed E-state index contributed by atoms with van der Waals surface area (Å²) in [4.78, 5) is 11.0. The van der Waals surface area contributed by atoms with Crippen LogP contribution in [0.15, 0.2) is 24.3 Å². The first-order chi connectivity index (χ1) is 8.27. The molecule has 1 aromatic rings. The Kier molecular flexibility index (Phi) is 4.38. The molecule has 2 atom stereocenters. The van der Waals surface area contributed by atoms with Gasteiger partial charge in [-0.2, -0.15) is 13.2 Å². The molecule has 0 saturated heterocycles. The summed E-state index contributed by atoms with van der Waals surface area (Å²) >= 11 is 0. The second-order valence-electron chi connectivity index (χ2n) is 4.24. The van der Waals surface area contributed by atoms with E-state index in [0.29, 0.717) is 0 Å². The summed E-state index contributed by atoms with van der Waals surface area (Å²) in [6.45, 7) is 2.81. The lowest BCUT2D eigenvalue weighted by Crippen LogP contribution is -2.31. The molecule has 0 aliphatic rings. The van der Waals surface area contributed by atoms with Gasteiger partial charge in [-0.1, -0.05) is 38.1 Å². The highest BCUT2D eigenvalue weighted by Crippen LogP contribution is 2.37. The summed E-state index contributed by atoms with van der Waals surface area (Å²) in [7, 11) is 0. The van der Waals surface area contributed by atoms with Gasteiger partial charge in [0.05, 0.1) is 11.8 Å². The molecule has 0 unspecified atom stereocenters. The first kappa shape index (κ1) is 14.5. The largest absolute Gasteiger partial charge is 0.481 e. The molecule has 0 amide bonds. The van der Waals surface area contributed by atoms with Crippen LogP contribution in [0, 0.1) is 5.92 Å². The van der Waals surface area contributed by atoms with Crippen LogP contribution in [0.1, 0.15) is 30.9 Å². The zero-order valence-electron chi connectivity index (χ0n) is 10.2. The molecule has 0 bridgehead atoms. The van der Waals surface area contributed by atoms with Crippen LogP contribution in [0.2, 0.25) is 0 Å². The van der Waals surface area contributed by atoms with E-state index in [2.05, 4.69) is 0 Å². The molecule has 2 nitrogen and oxygen atoms in total. The van der Waals surface area contributed by atoms with Crippen LogP contribution in [0.3, 0.4) is 0 Å². The molecule has 0 aromatic heterocycles. The first-order valence-electron chi connectivity index (χ1n) is 5.65. The van der Waals surface area contributed by atoms with Gasteiger partial charge in [-0.15, -0.1) is 0 Å². The number of hydrogen-bond acceptors (Lipinski definition) is 1. The van der Waals surface area contributed by atoms with Crippen LogP contribution in [0.5, 0.6) is 0 Å². The maximum Gasteiger partial charge on any atom is 0.392 e. The van der Waals surface area contributed by atoms with E-state index in [1.165, 1.54) is 12.1 Å². The second-order valence-corrected chi connectivity index (χ2v) is 4.24. The van der Waals surface area contributed by atoms with Crippen molar-refractivity contribution in [2.24, 2.45) is 5.92 Å². The number of alkyl halides is 3. The fourth-order valence-electron chi connectivity index (χ4n) is 1.79. The van der Waals surface area contributed by atoms with Crippen molar-refractivity contribution in [3.8, 4) is 0 Å². The SMILES string of the molecule is CCc1ccc([C@@H](C(=O)O)[C@@H](C)C(F)(F)F)cc1. The molecule has 1 rings (SSSR count). The first-order valence-corrected chi connectivity index (χ1v) is 5.65. The Bertz CT molecular complexity index is 409. The molecule has 1 N–H and O–H groups in total. The molecular formula is C13H15F3O2. The normalized spacial score (nSPS) is 15.2. The summed E-state index contributed by atoms with van der Waals surface area (Å²) in [5.74, 6) is -4.93. The van der Waals surface area contributed by atoms with Crippen LogP contribution in [-0.2, 0) is 11.2 Å². The lowest BCUT2D eigenvalue weighted by molar-refractivity contribution is -0.183. The Morgan fingerprint density at radius 3 is 2.11 bits per heavy atom. The van der Waals surface area contributed by atoms with Crippen molar-refractivity contribution >= 4 is 5.97 Å². The quantitative estimate of drug-likeness (QED) is 0.897. The smallest absolute Gasteiger partial charge is 0.392 e. The fourth-order valence-corrected chi connectivity index (χ4v) is 1.79. The van der Waals surface area contributed by atoms with Crippen LogP contribution in [0.4, 0.5) is 13.2 Å². The fraction of sp³-hybridized carbons (Fsp3) is 0.462. The van der Waals surface area contributed by atoms with Gasteiger partial charge in [0.25, 0.3) is 0 Å². The van der Waals surface area contributed by atoms with Crippen LogP contribution in [-0.4, -0.2) is 17.3 Å². The zero-order valence-corrected chi connectivity index (χ0v) is 10.2. The average Bonchev–Trinajstić information content (AvgIpc) is 2.28. The molecule has 0 radical (unpaired) electrons. The molecule has 0 aliphatic carbocycles. The predicted octanol–water partition coefficient (Wildman–Crippen LogP) is 3.62. The van der Waals surface area contributed by atoms with Crippen molar-refractivity contribution < 1.29 is 23.1 Å². The van der Waals surface area contributed by atoms with E-state index in [4.69, 9.17) is 5.11 Å². The maximum absolute atomic E-state index is 12.6. The number of rotatable bonds is 4. The van der Waals surface area contributed by atoms with Crippen molar-refractivity contribution in [3.63, 3.8) is 0 Å². The average molecular weight is 260 g/mol. The Labute approximate surface area is 103 Å². The standard InChI is InChI=1S/C13H15F3O2/c1-3-9-4-6-10(7-5-9)11(12(17)18)8(2)13(14,15)16/h4-8,11H,3H2,1-2H3,(H,17,18)/t8-,11+/m1/s1. The van der Waals surface area contributed by atoms with Crippen molar-refractivity contribution in [2.75, 3.05) is 0 Å². The van der Waals surface area contributed by atoms with E-state index in [1.54, 1.807) is 12.1 Å². The van der Waals surface area contributed by atoms with Crippen molar-refractivity contribution in [1.29, 1.82) is 0 Å². The van der Waals surface area contributed by atoms with Crippen LogP contribution < -0.4 is 0 Å². The monoisotopic (exact) mass is 260 g/mol. The molecule has 5 heteroatoms. The Morgan fingerprint density at radius 2 is 1.78 bits per heavy atom. The van der Waals surface area contributed by atoms with E-state index in [9.17, 15) is 18.0 Å². The summed E-state index contributed by atoms with van der Waals surface area (Å²) < 4.78 is 37.9. The van der Waals surface area contributed by atoms with E-state index in [-0.39, 0.29) is 5.56 Å². The van der Waals surface area contributed by atoms with Crippen molar-refractivity contribution in [3.05, 3.63) is 35.4 Å². The highest BCUT2D eigenvalue weighted by atomic mass is 19.4.